The third-order valence-corrected chi connectivity index (χ3v) is 4.98. The summed E-state index contributed by atoms with van der Waals surface area (Å²) in [7, 11) is 0. The smallest absolute Gasteiger partial charge is 0.283 e. The monoisotopic (exact) mass is 454 g/mol. The van der Waals surface area contributed by atoms with Crippen LogP contribution in [0.3, 0.4) is 0 Å². The summed E-state index contributed by atoms with van der Waals surface area (Å²) in [5, 5.41) is 8.94. The maximum Gasteiger partial charge on any atom is 0.283 e. The Balaban J connectivity index is 1.57. The number of imidazole rings is 1. The van der Waals surface area contributed by atoms with Crippen molar-refractivity contribution in [1.29, 1.82) is 0 Å². The third-order valence-electron chi connectivity index (χ3n) is 4.30. The molecule has 0 spiro atoms. The summed E-state index contributed by atoms with van der Waals surface area (Å²) in [4.78, 5) is 4.78. The van der Waals surface area contributed by atoms with Crippen LogP contribution in [0.1, 0.15) is 5.89 Å². The standard InChI is InChI=1S/C20H12BrClN4O2/c21-17-10-9-16(27-17)20-25-24-18(28-20)11-26-15-4-2-1-3-14(15)23-19(26)12-5-7-13(22)8-6-12/h1-10H,11H2. The van der Waals surface area contributed by atoms with Gasteiger partial charge in [0.15, 0.2) is 10.4 Å². The molecule has 2 aromatic carbocycles. The second-order valence-electron chi connectivity index (χ2n) is 6.12. The zero-order chi connectivity index (χ0) is 19.1. The van der Waals surface area contributed by atoms with Gasteiger partial charge in [-0.2, -0.15) is 0 Å². The minimum atomic E-state index is 0.332. The van der Waals surface area contributed by atoms with Gasteiger partial charge >= 0.3 is 0 Å². The summed E-state index contributed by atoms with van der Waals surface area (Å²) in [5.74, 6) is 2.11. The summed E-state index contributed by atoms with van der Waals surface area (Å²) in [6.07, 6.45) is 0. The molecule has 3 aromatic heterocycles. The molecule has 0 bridgehead atoms. The van der Waals surface area contributed by atoms with E-state index in [0.717, 1.165) is 22.4 Å². The maximum atomic E-state index is 6.04. The van der Waals surface area contributed by atoms with Gasteiger partial charge in [-0.25, -0.2) is 4.98 Å². The highest BCUT2D eigenvalue weighted by Gasteiger charge is 2.17. The van der Waals surface area contributed by atoms with Crippen LogP contribution in [-0.2, 0) is 6.54 Å². The van der Waals surface area contributed by atoms with Crippen LogP contribution in [0, 0.1) is 0 Å². The fourth-order valence-electron chi connectivity index (χ4n) is 3.04. The number of hydrogen-bond acceptors (Lipinski definition) is 5. The molecule has 0 unspecified atom stereocenters. The van der Waals surface area contributed by atoms with Gasteiger partial charge in [0.1, 0.15) is 12.4 Å². The lowest BCUT2D eigenvalue weighted by atomic mass is 10.2. The van der Waals surface area contributed by atoms with Crippen LogP contribution in [-0.4, -0.2) is 19.7 Å². The van der Waals surface area contributed by atoms with Gasteiger partial charge in [0.05, 0.1) is 11.0 Å². The van der Waals surface area contributed by atoms with E-state index in [2.05, 4.69) is 26.1 Å². The van der Waals surface area contributed by atoms with Crippen LogP contribution in [0.25, 0.3) is 34.1 Å². The minimum absolute atomic E-state index is 0.332. The number of nitrogens with zero attached hydrogens (tertiary/aromatic N) is 4. The molecule has 0 saturated carbocycles. The van der Waals surface area contributed by atoms with Crippen LogP contribution in [0.4, 0.5) is 0 Å². The van der Waals surface area contributed by atoms with Crippen molar-refractivity contribution in [3.8, 4) is 23.0 Å². The summed E-state index contributed by atoms with van der Waals surface area (Å²) in [6.45, 7) is 0.382. The molecular weight excluding hydrogens is 444 g/mol. The molecule has 28 heavy (non-hydrogen) atoms. The lowest BCUT2D eigenvalue weighted by molar-refractivity contribution is 0.466. The first-order valence-electron chi connectivity index (χ1n) is 8.47. The number of halogens is 2. The van der Waals surface area contributed by atoms with Crippen molar-refractivity contribution in [3.05, 3.63) is 76.2 Å². The average molecular weight is 456 g/mol. The Hall–Kier alpha value is -2.90. The van der Waals surface area contributed by atoms with Crippen LogP contribution >= 0.6 is 27.5 Å². The number of furan rings is 1. The molecule has 0 amide bonds. The zero-order valence-corrected chi connectivity index (χ0v) is 16.7. The van der Waals surface area contributed by atoms with E-state index in [1.165, 1.54) is 0 Å². The van der Waals surface area contributed by atoms with E-state index in [1.54, 1.807) is 12.1 Å². The molecule has 0 radical (unpaired) electrons. The van der Waals surface area contributed by atoms with Gasteiger partial charge in [-0.1, -0.05) is 23.7 Å². The molecule has 8 heteroatoms. The Morgan fingerprint density at radius 1 is 0.929 bits per heavy atom. The Morgan fingerprint density at radius 3 is 2.54 bits per heavy atom. The van der Waals surface area contributed by atoms with Crippen LogP contribution in [0.2, 0.25) is 5.02 Å². The molecule has 5 aromatic rings. The van der Waals surface area contributed by atoms with Crippen molar-refractivity contribution in [2.75, 3.05) is 0 Å². The summed E-state index contributed by atoms with van der Waals surface area (Å²) < 4.78 is 13.9. The highest BCUT2D eigenvalue weighted by molar-refractivity contribution is 9.10. The predicted octanol–water partition coefficient (Wildman–Crippen LogP) is 5.81. The third kappa shape index (κ3) is 3.12. The van der Waals surface area contributed by atoms with E-state index >= 15 is 0 Å². The van der Waals surface area contributed by atoms with E-state index in [9.17, 15) is 0 Å². The van der Waals surface area contributed by atoms with Crippen molar-refractivity contribution in [2.24, 2.45) is 0 Å². The van der Waals surface area contributed by atoms with Gasteiger partial charge in [-0.3, -0.25) is 0 Å². The largest absolute Gasteiger partial charge is 0.444 e. The number of aromatic nitrogens is 4. The van der Waals surface area contributed by atoms with Gasteiger partial charge in [0, 0.05) is 10.6 Å². The SMILES string of the molecule is Clc1ccc(-c2nc3ccccc3n2Cc2nnc(-c3ccc(Br)o3)o2)cc1. The van der Waals surface area contributed by atoms with Crippen LogP contribution in [0.15, 0.2) is 74.2 Å². The Kier molecular flexibility index (Phi) is 4.26. The lowest BCUT2D eigenvalue weighted by Gasteiger charge is -2.07. The van der Waals surface area contributed by atoms with Crippen molar-refractivity contribution in [1.82, 2.24) is 19.7 Å². The number of para-hydroxylation sites is 2. The lowest BCUT2D eigenvalue weighted by Crippen LogP contribution is -2.02. The predicted molar refractivity (Wildman–Crippen MR) is 109 cm³/mol. The van der Waals surface area contributed by atoms with Gasteiger partial charge in [0.2, 0.25) is 5.89 Å². The summed E-state index contributed by atoms with van der Waals surface area (Å²) in [6, 6.07) is 19.1. The molecule has 0 aliphatic carbocycles. The molecule has 0 atom stereocenters. The molecule has 5 rings (SSSR count). The minimum Gasteiger partial charge on any atom is -0.444 e. The summed E-state index contributed by atoms with van der Waals surface area (Å²) >= 11 is 9.31. The first kappa shape index (κ1) is 17.2. The van der Waals surface area contributed by atoms with Gasteiger partial charge in [-0.15, -0.1) is 10.2 Å². The maximum absolute atomic E-state index is 6.04. The van der Waals surface area contributed by atoms with Gasteiger partial charge in [-0.05, 0) is 64.5 Å². The first-order chi connectivity index (χ1) is 13.7. The molecule has 0 aliphatic rings. The fourth-order valence-corrected chi connectivity index (χ4v) is 3.47. The van der Waals surface area contributed by atoms with Crippen LogP contribution < -0.4 is 0 Å². The molecule has 6 nitrogen and oxygen atoms in total. The number of hydrogen-bond donors (Lipinski definition) is 0. The quantitative estimate of drug-likeness (QED) is 0.342. The van der Waals surface area contributed by atoms with E-state index in [0.29, 0.717) is 33.8 Å². The molecule has 0 saturated heterocycles. The number of fused-ring (bicyclic) bond motifs is 1. The molecular formula is C20H12BrClN4O2. The normalized spacial score (nSPS) is 11.4. The van der Waals surface area contributed by atoms with E-state index in [-0.39, 0.29) is 0 Å². The molecule has 0 aliphatic heterocycles. The Bertz CT molecular complexity index is 1270. The zero-order valence-electron chi connectivity index (χ0n) is 14.3. The topological polar surface area (TPSA) is 69.9 Å². The van der Waals surface area contributed by atoms with Crippen molar-refractivity contribution >= 4 is 38.6 Å². The number of benzene rings is 2. The molecule has 138 valence electrons. The molecule has 0 N–H and O–H groups in total. The molecule has 0 fully saturated rings. The van der Waals surface area contributed by atoms with Crippen molar-refractivity contribution < 1.29 is 8.83 Å². The van der Waals surface area contributed by atoms with E-state index in [4.69, 9.17) is 25.4 Å². The first-order valence-corrected chi connectivity index (χ1v) is 9.64. The molecule has 3 heterocycles. The van der Waals surface area contributed by atoms with E-state index < -0.39 is 0 Å². The van der Waals surface area contributed by atoms with Crippen LogP contribution in [0.5, 0.6) is 0 Å². The second-order valence-corrected chi connectivity index (χ2v) is 7.34. The average Bonchev–Trinajstić information content (AvgIpc) is 3.42. The van der Waals surface area contributed by atoms with E-state index in [1.807, 2.05) is 53.1 Å². The van der Waals surface area contributed by atoms with Gasteiger partial charge < -0.3 is 13.4 Å². The fraction of sp³-hybridized carbons (Fsp3) is 0.0500. The van der Waals surface area contributed by atoms with Crippen molar-refractivity contribution in [3.63, 3.8) is 0 Å². The van der Waals surface area contributed by atoms with Crippen molar-refractivity contribution in [2.45, 2.75) is 6.54 Å². The summed E-state index contributed by atoms with van der Waals surface area (Å²) in [5.41, 5.74) is 2.82. The van der Waals surface area contributed by atoms with Gasteiger partial charge in [0.25, 0.3) is 5.89 Å². The highest BCUT2D eigenvalue weighted by atomic mass is 79.9. The highest BCUT2D eigenvalue weighted by Crippen LogP contribution is 2.28. The number of rotatable bonds is 4. The Morgan fingerprint density at radius 2 is 1.75 bits per heavy atom. The Labute approximate surface area is 172 Å². The second kappa shape index (κ2) is 6.92.